The van der Waals surface area contributed by atoms with Crippen molar-refractivity contribution in [2.24, 2.45) is 0 Å². The van der Waals surface area contributed by atoms with E-state index in [4.69, 9.17) is 16.3 Å². The van der Waals surface area contributed by atoms with E-state index in [1.807, 2.05) is 47.4 Å². The number of benzene rings is 2. The largest absolute Gasteiger partial charge is 0.497 e. The minimum absolute atomic E-state index is 0.124. The Balaban J connectivity index is 1.24. The minimum Gasteiger partial charge on any atom is -0.497 e. The lowest BCUT2D eigenvalue weighted by molar-refractivity contribution is -0.128. The molecule has 2 heterocycles. The monoisotopic (exact) mass is 483 g/mol. The lowest BCUT2D eigenvalue weighted by Gasteiger charge is -2.36. The molecule has 1 amide bonds. The van der Waals surface area contributed by atoms with Crippen molar-refractivity contribution in [2.75, 3.05) is 49.3 Å². The summed E-state index contributed by atoms with van der Waals surface area (Å²) in [4.78, 5) is 25.5. The molecule has 1 aliphatic rings. The zero-order chi connectivity index (χ0) is 23.0. The zero-order valence-corrected chi connectivity index (χ0v) is 20.0. The van der Waals surface area contributed by atoms with Crippen molar-refractivity contribution in [3.8, 4) is 5.75 Å². The molecule has 0 atom stereocenters. The van der Waals surface area contributed by atoms with Crippen LogP contribution in [0.25, 0.3) is 0 Å². The number of hydrogen-bond acceptors (Lipinski definition) is 7. The first-order chi connectivity index (χ1) is 16.1. The van der Waals surface area contributed by atoms with Crippen LogP contribution in [-0.2, 0) is 11.3 Å². The first kappa shape index (κ1) is 23.2. The Morgan fingerprint density at radius 1 is 1.09 bits per heavy atom. The van der Waals surface area contributed by atoms with Crippen LogP contribution in [0.3, 0.4) is 0 Å². The van der Waals surface area contributed by atoms with Crippen molar-refractivity contribution in [1.82, 2.24) is 14.9 Å². The van der Waals surface area contributed by atoms with Crippen molar-refractivity contribution in [2.45, 2.75) is 11.6 Å². The number of ether oxygens (including phenoxy) is 1. The van der Waals surface area contributed by atoms with Gasteiger partial charge in [-0.2, -0.15) is 0 Å². The maximum atomic E-state index is 12.7. The van der Waals surface area contributed by atoms with Crippen LogP contribution in [0.4, 0.5) is 11.5 Å². The Morgan fingerprint density at radius 2 is 1.85 bits per heavy atom. The van der Waals surface area contributed by atoms with E-state index in [2.05, 4.69) is 32.3 Å². The third-order valence-electron chi connectivity index (χ3n) is 5.47. The molecule has 1 N–H and O–H groups in total. The van der Waals surface area contributed by atoms with Gasteiger partial charge in [0.1, 0.15) is 22.9 Å². The number of piperazine rings is 1. The predicted molar refractivity (Wildman–Crippen MR) is 133 cm³/mol. The topological polar surface area (TPSA) is 70.6 Å². The summed E-state index contributed by atoms with van der Waals surface area (Å²) in [6.45, 7) is 3.61. The summed E-state index contributed by atoms with van der Waals surface area (Å²) in [6, 6.07) is 17.6. The Hall–Kier alpha value is -2.97. The Bertz CT molecular complexity index is 1070. The maximum Gasteiger partial charge on any atom is 0.233 e. The van der Waals surface area contributed by atoms with Crippen LogP contribution in [0.2, 0.25) is 5.02 Å². The number of nitrogens with one attached hydrogen (secondary N) is 1. The van der Waals surface area contributed by atoms with E-state index in [0.29, 0.717) is 36.2 Å². The van der Waals surface area contributed by atoms with Crippen LogP contribution >= 0.6 is 23.4 Å². The molecule has 2 aromatic carbocycles. The first-order valence-electron chi connectivity index (χ1n) is 10.7. The highest BCUT2D eigenvalue weighted by Crippen LogP contribution is 2.22. The molecule has 3 aromatic rings. The van der Waals surface area contributed by atoms with Gasteiger partial charge in [-0.1, -0.05) is 41.6 Å². The second-order valence-electron chi connectivity index (χ2n) is 7.54. The normalized spacial score (nSPS) is 13.6. The molecule has 33 heavy (non-hydrogen) atoms. The van der Waals surface area contributed by atoms with Crippen molar-refractivity contribution in [1.29, 1.82) is 0 Å². The Morgan fingerprint density at radius 3 is 2.58 bits per heavy atom. The molecule has 0 spiro atoms. The average molecular weight is 484 g/mol. The quantitative estimate of drug-likeness (QED) is 0.380. The summed E-state index contributed by atoms with van der Waals surface area (Å²) >= 11 is 7.64. The van der Waals surface area contributed by atoms with E-state index < -0.39 is 0 Å². The van der Waals surface area contributed by atoms with E-state index in [9.17, 15) is 4.79 Å². The Kier molecular flexibility index (Phi) is 7.91. The average Bonchev–Trinajstić information content (AvgIpc) is 2.87. The number of thioether (sulfide) groups is 1. The molecule has 0 saturated carbocycles. The molecule has 1 fully saturated rings. The molecule has 1 aliphatic heterocycles. The fourth-order valence-electron chi connectivity index (χ4n) is 3.58. The SMILES string of the molecule is COc1ccc(N2CCN(C(=O)CSc3cc(NCc4ccccc4Cl)ncn3)CC2)cc1. The molecule has 0 bridgehead atoms. The molecule has 0 radical (unpaired) electrons. The number of hydrogen-bond donors (Lipinski definition) is 1. The summed E-state index contributed by atoms with van der Waals surface area (Å²) in [5.74, 6) is 2.02. The van der Waals surface area contributed by atoms with Crippen molar-refractivity contribution >= 4 is 40.8 Å². The molecular weight excluding hydrogens is 458 g/mol. The van der Waals surface area contributed by atoms with E-state index in [-0.39, 0.29) is 5.91 Å². The van der Waals surface area contributed by atoms with Crippen molar-refractivity contribution in [3.05, 3.63) is 71.5 Å². The van der Waals surface area contributed by atoms with Crippen LogP contribution in [0.5, 0.6) is 5.75 Å². The third kappa shape index (κ3) is 6.30. The number of nitrogens with zero attached hydrogens (tertiary/aromatic N) is 4. The van der Waals surface area contributed by atoms with Crippen LogP contribution in [0.15, 0.2) is 66.0 Å². The fourth-order valence-corrected chi connectivity index (χ4v) is 4.55. The van der Waals surface area contributed by atoms with Gasteiger partial charge in [0, 0.05) is 49.5 Å². The van der Waals surface area contributed by atoms with Crippen LogP contribution in [0, 0.1) is 0 Å². The maximum absolute atomic E-state index is 12.7. The summed E-state index contributed by atoms with van der Waals surface area (Å²) in [7, 11) is 1.66. The smallest absolute Gasteiger partial charge is 0.233 e. The molecule has 7 nitrogen and oxygen atoms in total. The number of methoxy groups -OCH3 is 1. The number of anilines is 2. The predicted octanol–water partition coefficient (Wildman–Crippen LogP) is 4.19. The Labute approximate surface area is 203 Å². The van der Waals surface area contributed by atoms with Gasteiger partial charge in [0.15, 0.2) is 0 Å². The van der Waals surface area contributed by atoms with Crippen LogP contribution in [-0.4, -0.2) is 59.8 Å². The summed E-state index contributed by atoms with van der Waals surface area (Å²) in [6.07, 6.45) is 1.51. The van der Waals surface area contributed by atoms with E-state index in [1.165, 1.54) is 18.1 Å². The molecule has 1 aromatic heterocycles. The van der Waals surface area contributed by atoms with E-state index in [1.54, 1.807) is 7.11 Å². The molecular formula is C24H26ClN5O2S. The lowest BCUT2D eigenvalue weighted by Crippen LogP contribution is -2.49. The fraction of sp³-hybridized carbons (Fsp3) is 0.292. The van der Waals surface area contributed by atoms with Crippen molar-refractivity contribution < 1.29 is 9.53 Å². The molecule has 1 saturated heterocycles. The zero-order valence-electron chi connectivity index (χ0n) is 18.4. The van der Waals surface area contributed by atoms with E-state index >= 15 is 0 Å². The molecule has 4 rings (SSSR count). The van der Waals surface area contributed by atoms with Crippen LogP contribution in [0.1, 0.15) is 5.56 Å². The highest BCUT2D eigenvalue weighted by atomic mass is 35.5. The van der Waals surface area contributed by atoms with Crippen molar-refractivity contribution in [3.63, 3.8) is 0 Å². The second kappa shape index (κ2) is 11.2. The molecule has 172 valence electrons. The van der Waals surface area contributed by atoms with Gasteiger partial charge in [-0.25, -0.2) is 9.97 Å². The van der Waals surface area contributed by atoms with Gasteiger partial charge in [-0.05, 0) is 35.9 Å². The highest BCUT2D eigenvalue weighted by Gasteiger charge is 2.21. The first-order valence-corrected chi connectivity index (χ1v) is 12.1. The third-order valence-corrected chi connectivity index (χ3v) is 6.75. The number of carbonyl (C=O) groups is 1. The summed E-state index contributed by atoms with van der Waals surface area (Å²) in [5, 5.41) is 4.74. The highest BCUT2D eigenvalue weighted by molar-refractivity contribution is 7.99. The van der Waals surface area contributed by atoms with Gasteiger partial charge >= 0.3 is 0 Å². The second-order valence-corrected chi connectivity index (χ2v) is 8.94. The standard InChI is InChI=1S/C24H26ClN5O2S/c1-32-20-8-6-19(7-9-20)29-10-12-30(13-11-29)24(31)16-33-23-14-22(27-17-28-23)26-15-18-4-2-3-5-21(18)25/h2-9,14,17H,10-13,15-16H2,1H3,(H,26,27,28). The van der Waals surface area contributed by atoms with Gasteiger partial charge in [0.05, 0.1) is 12.9 Å². The number of amides is 1. The summed E-state index contributed by atoms with van der Waals surface area (Å²) in [5.41, 5.74) is 2.14. The number of carbonyl (C=O) groups excluding carboxylic acids is 1. The number of halogens is 1. The lowest BCUT2D eigenvalue weighted by atomic mass is 10.2. The molecule has 9 heteroatoms. The van der Waals surface area contributed by atoms with Gasteiger partial charge in [0.2, 0.25) is 5.91 Å². The molecule has 0 unspecified atom stereocenters. The van der Waals surface area contributed by atoms with Gasteiger partial charge in [-0.15, -0.1) is 0 Å². The summed E-state index contributed by atoms with van der Waals surface area (Å²) < 4.78 is 5.22. The number of aromatic nitrogens is 2. The molecule has 0 aliphatic carbocycles. The minimum atomic E-state index is 0.124. The van der Waals surface area contributed by atoms with Gasteiger partial charge in [-0.3, -0.25) is 4.79 Å². The van der Waals surface area contributed by atoms with Gasteiger partial charge in [0.25, 0.3) is 0 Å². The van der Waals surface area contributed by atoms with Gasteiger partial charge < -0.3 is 19.9 Å². The van der Waals surface area contributed by atoms with E-state index in [0.717, 1.165) is 35.1 Å². The number of rotatable bonds is 8. The van der Waals surface area contributed by atoms with Crippen LogP contribution < -0.4 is 15.0 Å².